The molecule has 1 atom stereocenters. The van der Waals surface area contributed by atoms with E-state index in [0.717, 1.165) is 13.0 Å². The van der Waals surface area contributed by atoms with Crippen molar-refractivity contribution in [3.8, 4) is 0 Å². The molecular formula is C9H22N2O. The van der Waals surface area contributed by atoms with Crippen molar-refractivity contribution >= 4 is 0 Å². The number of rotatable bonds is 6. The standard InChI is InChI=1S/C9H22N2O/c1-8(2)11(3)5-4-9(6-10)7-12/h8-9,12H,4-7,10H2,1-3H3. The van der Waals surface area contributed by atoms with Gasteiger partial charge in [0.05, 0.1) is 0 Å². The van der Waals surface area contributed by atoms with Gasteiger partial charge in [0.25, 0.3) is 0 Å². The molecule has 0 aromatic rings. The second kappa shape index (κ2) is 6.40. The van der Waals surface area contributed by atoms with Gasteiger partial charge in [-0.2, -0.15) is 0 Å². The SMILES string of the molecule is CC(C)N(C)CCC(CN)CO. The Morgan fingerprint density at radius 2 is 2.00 bits per heavy atom. The minimum absolute atomic E-state index is 0.211. The number of nitrogens with zero attached hydrogens (tertiary/aromatic N) is 1. The molecule has 0 rings (SSSR count). The van der Waals surface area contributed by atoms with E-state index < -0.39 is 0 Å². The molecule has 0 aliphatic heterocycles. The Morgan fingerprint density at radius 1 is 1.42 bits per heavy atom. The molecular weight excluding hydrogens is 152 g/mol. The lowest BCUT2D eigenvalue weighted by Gasteiger charge is -2.22. The summed E-state index contributed by atoms with van der Waals surface area (Å²) in [7, 11) is 2.09. The lowest BCUT2D eigenvalue weighted by molar-refractivity contribution is 0.193. The predicted octanol–water partition coefficient (Wildman–Crippen LogP) is 0.284. The first kappa shape index (κ1) is 11.9. The summed E-state index contributed by atoms with van der Waals surface area (Å²) in [6, 6.07) is 0.571. The van der Waals surface area contributed by atoms with Gasteiger partial charge in [0, 0.05) is 12.6 Å². The molecule has 3 N–H and O–H groups in total. The van der Waals surface area contributed by atoms with E-state index in [9.17, 15) is 0 Å². The number of nitrogens with two attached hydrogens (primary N) is 1. The molecule has 0 bridgehead atoms. The fourth-order valence-corrected chi connectivity index (χ4v) is 0.928. The molecule has 0 saturated heterocycles. The summed E-state index contributed by atoms with van der Waals surface area (Å²) < 4.78 is 0. The summed E-state index contributed by atoms with van der Waals surface area (Å²) in [6.07, 6.45) is 0.988. The van der Waals surface area contributed by atoms with Crippen molar-refractivity contribution in [1.29, 1.82) is 0 Å². The van der Waals surface area contributed by atoms with E-state index in [0.29, 0.717) is 12.6 Å². The lowest BCUT2D eigenvalue weighted by atomic mass is 10.1. The third-order valence-electron chi connectivity index (χ3n) is 2.36. The molecule has 0 aromatic heterocycles. The first-order valence-corrected chi connectivity index (χ1v) is 4.63. The normalized spacial score (nSPS) is 14.2. The number of aliphatic hydroxyl groups is 1. The van der Waals surface area contributed by atoms with Gasteiger partial charge in [0.1, 0.15) is 0 Å². The van der Waals surface area contributed by atoms with E-state index >= 15 is 0 Å². The van der Waals surface area contributed by atoms with Gasteiger partial charge in [-0.3, -0.25) is 0 Å². The summed E-state index contributed by atoms with van der Waals surface area (Å²) in [4.78, 5) is 2.26. The van der Waals surface area contributed by atoms with E-state index in [1.54, 1.807) is 0 Å². The van der Waals surface area contributed by atoms with Crippen molar-refractivity contribution in [2.45, 2.75) is 26.3 Å². The Kier molecular flexibility index (Phi) is 6.34. The van der Waals surface area contributed by atoms with Crippen LogP contribution < -0.4 is 5.73 Å². The maximum atomic E-state index is 8.88. The number of aliphatic hydroxyl groups excluding tert-OH is 1. The second-order valence-corrected chi connectivity index (χ2v) is 3.65. The summed E-state index contributed by atoms with van der Waals surface area (Å²) in [6.45, 7) is 6.14. The molecule has 0 amide bonds. The highest BCUT2D eigenvalue weighted by Crippen LogP contribution is 2.03. The van der Waals surface area contributed by atoms with Gasteiger partial charge in [0.2, 0.25) is 0 Å². The van der Waals surface area contributed by atoms with Crippen LogP contribution in [0.1, 0.15) is 20.3 Å². The first-order valence-electron chi connectivity index (χ1n) is 4.63. The topological polar surface area (TPSA) is 49.5 Å². The largest absolute Gasteiger partial charge is 0.396 e. The van der Waals surface area contributed by atoms with Gasteiger partial charge in [0.15, 0.2) is 0 Å². The second-order valence-electron chi connectivity index (χ2n) is 3.65. The van der Waals surface area contributed by atoms with E-state index in [-0.39, 0.29) is 12.5 Å². The third kappa shape index (κ3) is 4.70. The summed E-state index contributed by atoms with van der Waals surface area (Å²) >= 11 is 0. The lowest BCUT2D eigenvalue weighted by Crippen LogP contribution is -2.30. The minimum Gasteiger partial charge on any atom is -0.396 e. The molecule has 0 aliphatic rings. The van der Waals surface area contributed by atoms with Gasteiger partial charge in [-0.1, -0.05) is 0 Å². The fraction of sp³-hybridized carbons (Fsp3) is 1.00. The van der Waals surface area contributed by atoms with Gasteiger partial charge in [-0.25, -0.2) is 0 Å². The summed E-state index contributed by atoms with van der Waals surface area (Å²) in [5.74, 6) is 0.270. The fourth-order valence-electron chi connectivity index (χ4n) is 0.928. The Labute approximate surface area is 75.6 Å². The van der Waals surface area contributed by atoms with Gasteiger partial charge >= 0.3 is 0 Å². The first-order chi connectivity index (χ1) is 5.61. The minimum atomic E-state index is 0.211. The van der Waals surface area contributed by atoms with Crippen molar-refractivity contribution in [3.05, 3.63) is 0 Å². The van der Waals surface area contributed by atoms with Crippen LogP contribution in [0.3, 0.4) is 0 Å². The zero-order valence-electron chi connectivity index (χ0n) is 8.45. The van der Waals surface area contributed by atoms with Crippen molar-refractivity contribution < 1.29 is 5.11 Å². The predicted molar refractivity (Wildman–Crippen MR) is 52.0 cm³/mol. The Bertz CT molecular complexity index is 101. The molecule has 3 nitrogen and oxygen atoms in total. The van der Waals surface area contributed by atoms with Crippen molar-refractivity contribution in [3.63, 3.8) is 0 Å². The number of hydrogen-bond acceptors (Lipinski definition) is 3. The van der Waals surface area contributed by atoms with Crippen LogP contribution in [0, 0.1) is 5.92 Å². The van der Waals surface area contributed by atoms with Gasteiger partial charge in [-0.15, -0.1) is 0 Å². The van der Waals surface area contributed by atoms with Gasteiger partial charge < -0.3 is 15.7 Å². The van der Waals surface area contributed by atoms with E-state index in [2.05, 4.69) is 25.8 Å². The molecule has 3 heteroatoms. The molecule has 12 heavy (non-hydrogen) atoms. The molecule has 0 aliphatic carbocycles. The summed E-state index contributed by atoms with van der Waals surface area (Å²) in [5.41, 5.74) is 5.47. The monoisotopic (exact) mass is 174 g/mol. The van der Waals surface area contributed by atoms with E-state index in [1.165, 1.54) is 0 Å². The van der Waals surface area contributed by atoms with Gasteiger partial charge in [-0.05, 0) is 46.3 Å². The van der Waals surface area contributed by atoms with Crippen LogP contribution in [-0.2, 0) is 0 Å². The highest BCUT2D eigenvalue weighted by atomic mass is 16.3. The highest BCUT2D eigenvalue weighted by Gasteiger charge is 2.08. The Morgan fingerprint density at radius 3 is 2.33 bits per heavy atom. The summed E-state index contributed by atoms with van der Waals surface area (Å²) in [5, 5.41) is 8.88. The zero-order valence-corrected chi connectivity index (χ0v) is 8.45. The maximum absolute atomic E-state index is 8.88. The Balaban J connectivity index is 3.51. The van der Waals surface area contributed by atoms with Crippen LogP contribution in [0.5, 0.6) is 0 Å². The third-order valence-corrected chi connectivity index (χ3v) is 2.36. The van der Waals surface area contributed by atoms with Crippen LogP contribution in [0.15, 0.2) is 0 Å². The molecule has 0 spiro atoms. The molecule has 74 valence electrons. The average molecular weight is 174 g/mol. The van der Waals surface area contributed by atoms with Crippen molar-refractivity contribution in [2.75, 3.05) is 26.7 Å². The molecule has 0 aromatic carbocycles. The quantitative estimate of drug-likeness (QED) is 0.608. The van der Waals surface area contributed by atoms with Crippen LogP contribution in [0.25, 0.3) is 0 Å². The Hall–Kier alpha value is -0.120. The van der Waals surface area contributed by atoms with E-state index in [1.807, 2.05) is 0 Å². The van der Waals surface area contributed by atoms with Crippen molar-refractivity contribution in [2.24, 2.45) is 11.7 Å². The highest BCUT2D eigenvalue weighted by molar-refractivity contribution is 4.63. The smallest absolute Gasteiger partial charge is 0.0471 e. The molecule has 0 radical (unpaired) electrons. The van der Waals surface area contributed by atoms with Crippen LogP contribution >= 0.6 is 0 Å². The van der Waals surface area contributed by atoms with Crippen LogP contribution in [0.4, 0.5) is 0 Å². The van der Waals surface area contributed by atoms with Crippen molar-refractivity contribution in [1.82, 2.24) is 4.90 Å². The molecule has 0 heterocycles. The zero-order chi connectivity index (χ0) is 9.56. The molecule has 0 fully saturated rings. The van der Waals surface area contributed by atoms with E-state index in [4.69, 9.17) is 10.8 Å². The average Bonchev–Trinajstić information content (AvgIpc) is 2.05. The number of hydrogen-bond donors (Lipinski definition) is 2. The van der Waals surface area contributed by atoms with Crippen LogP contribution in [0.2, 0.25) is 0 Å². The molecule has 0 saturated carbocycles. The molecule has 1 unspecified atom stereocenters. The van der Waals surface area contributed by atoms with Crippen LogP contribution in [-0.4, -0.2) is 42.8 Å². The maximum Gasteiger partial charge on any atom is 0.0471 e.